The van der Waals surface area contributed by atoms with Gasteiger partial charge in [-0.25, -0.2) is 4.98 Å². The van der Waals surface area contributed by atoms with Crippen LogP contribution in [0.2, 0.25) is 0 Å². The van der Waals surface area contributed by atoms with Gasteiger partial charge in [0.2, 0.25) is 0 Å². The topological polar surface area (TPSA) is 33.1 Å². The molecule has 0 amide bonds. The molecule has 1 aromatic heterocycles. The van der Waals surface area contributed by atoms with E-state index >= 15 is 0 Å². The Kier molecular flexibility index (Phi) is 4.29. The van der Waals surface area contributed by atoms with Gasteiger partial charge in [0.25, 0.3) is 0 Å². The van der Waals surface area contributed by atoms with Crippen LogP contribution in [0.15, 0.2) is 35.2 Å². The van der Waals surface area contributed by atoms with Crippen molar-refractivity contribution in [2.45, 2.75) is 19.8 Å². The van der Waals surface area contributed by atoms with Crippen molar-refractivity contribution in [1.29, 1.82) is 0 Å². The summed E-state index contributed by atoms with van der Waals surface area (Å²) in [6.07, 6.45) is 1.77. The van der Waals surface area contributed by atoms with E-state index in [1.807, 2.05) is 5.51 Å². The van der Waals surface area contributed by atoms with E-state index in [2.05, 4.69) is 41.6 Å². The molecule has 0 saturated heterocycles. The number of hydrogen-bond donors (Lipinski definition) is 1. The van der Waals surface area contributed by atoms with Crippen LogP contribution in [-0.4, -0.2) is 16.7 Å². The first-order chi connectivity index (χ1) is 8.28. The Morgan fingerprint density at radius 3 is 2.88 bits per heavy atom. The highest BCUT2D eigenvalue weighted by Crippen LogP contribution is 2.15. The van der Waals surface area contributed by atoms with Crippen LogP contribution in [0, 0.1) is 12.8 Å². The number of thiazole rings is 1. The van der Waals surface area contributed by atoms with Gasteiger partial charge in [-0.1, -0.05) is 29.8 Å². The lowest BCUT2D eigenvalue weighted by molar-refractivity contribution is 0.224. The van der Waals surface area contributed by atoms with E-state index in [9.17, 15) is 5.11 Å². The maximum Gasteiger partial charge on any atom is 0.0794 e. The van der Waals surface area contributed by atoms with Crippen LogP contribution >= 0.6 is 11.3 Å². The normalized spacial score (nSPS) is 12.6. The van der Waals surface area contributed by atoms with E-state index in [1.54, 1.807) is 11.3 Å². The number of hydrogen-bond acceptors (Lipinski definition) is 3. The van der Waals surface area contributed by atoms with Gasteiger partial charge in [-0.2, -0.15) is 0 Å². The van der Waals surface area contributed by atoms with Crippen LogP contribution in [0.25, 0.3) is 0 Å². The van der Waals surface area contributed by atoms with Crippen molar-refractivity contribution < 1.29 is 5.11 Å². The molecule has 0 aliphatic carbocycles. The molecule has 0 aliphatic heterocycles. The summed E-state index contributed by atoms with van der Waals surface area (Å²) >= 11 is 1.61. The first-order valence-electron chi connectivity index (χ1n) is 5.81. The summed E-state index contributed by atoms with van der Waals surface area (Å²) in [5.74, 6) is 0.263. The fourth-order valence-corrected chi connectivity index (χ4v) is 2.58. The lowest BCUT2D eigenvalue weighted by atomic mass is 9.95. The molecule has 17 heavy (non-hydrogen) atoms. The summed E-state index contributed by atoms with van der Waals surface area (Å²) in [7, 11) is 0. The third-order valence-electron chi connectivity index (χ3n) is 2.85. The smallest absolute Gasteiger partial charge is 0.0794 e. The van der Waals surface area contributed by atoms with E-state index in [-0.39, 0.29) is 12.5 Å². The number of aromatic nitrogens is 1. The molecule has 1 aromatic carbocycles. The number of aliphatic hydroxyl groups excluding tert-OH is 1. The van der Waals surface area contributed by atoms with Crippen molar-refractivity contribution in [1.82, 2.24) is 4.98 Å². The number of aliphatic hydroxyl groups is 1. The number of rotatable bonds is 5. The minimum atomic E-state index is 0.214. The highest BCUT2D eigenvalue weighted by atomic mass is 32.1. The summed E-state index contributed by atoms with van der Waals surface area (Å²) in [4.78, 5) is 4.27. The van der Waals surface area contributed by atoms with Crippen LogP contribution in [0.1, 0.15) is 16.8 Å². The quantitative estimate of drug-likeness (QED) is 0.881. The Balaban J connectivity index is 2.00. The van der Waals surface area contributed by atoms with Crippen LogP contribution in [-0.2, 0) is 12.8 Å². The Bertz CT molecular complexity index is 453. The zero-order valence-electron chi connectivity index (χ0n) is 9.97. The Hall–Kier alpha value is -1.19. The van der Waals surface area contributed by atoms with E-state index < -0.39 is 0 Å². The molecule has 2 aromatic rings. The summed E-state index contributed by atoms with van der Waals surface area (Å²) in [6, 6.07) is 8.47. The van der Waals surface area contributed by atoms with Crippen molar-refractivity contribution in [3.8, 4) is 0 Å². The van der Waals surface area contributed by atoms with E-state index in [0.717, 1.165) is 18.5 Å². The minimum Gasteiger partial charge on any atom is -0.396 e. The van der Waals surface area contributed by atoms with E-state index in [0.29, 0.717) is 0 Å². The van der Waals surface area contributed by atoms with Gasteiger partial charge in [0.05, 0.1) is 11.2 Å². The molecule has 0 fully saturated rings. The molecule has 0 saturated carbocycles. The van der Waals surface area contributed by atoms with Crippen LogP contribution < -0.4 is 0 Å². The Morgan fingerprint density at radius 1 is 1.35 bits per heavy atom. The Labute approximate surface area is 106 Å². The highest BCUT2D eigenvalue weighted by molar-refractivity contribution is 7.07. The van der Waals surface area contributed by atoms with Crippen LogP contribution in [0.5, 0.6) is 0 Å². The predicted molar refractivity (Wildman–Crippen MR) is 71.3 cm³/mol. The third kappa shape index (κ3) is 3.65. The molecule has 0 radical (unpaired) electrons. The minimum absolute atomic E-state index is 0.214. The monoisotopic (exact) mass is 247 g/mol. The molecule has 2 nitrogen and oxygen atoms in total. The maximum absolute atomic E-state index is 9.43. The summed E-state index contributed by atoms with van der Waals surface area (Å²) in [5, 5.41) is 11.5. The summed E-state index contributed by atoms with van der Waals surface area (Å²) in [6.45, 7) is 2.31. The molecule has 0 spiro atoms. The van der Waals surface area contributed by atoms with Crippen molar-refractivity contribution in [3.05, 3.63) is 52.0 Å². The lowest BCUT2D eigenvalue weighted by Crippen LogP contribution is -2.13. The molecule has 90 valence electrons. The average molecular weight is 247 g/mol. The average Bonchev–Trinajstić information content (AvgIpc) is 2.81. The molecule has 1 heterocycles. The second-order valence-electron chi connectivity index (χ2n) is 4.43. The molecular weight excluding hydrogens is 230 g/mol. The molecule has 1 unspecified atom stereocenters. The number of benzene rings is 1. The van der Waals surface area contributed by atoms with Gasteiger partial charge in [-0.05, 0) is 31.2 Å². The standard InChI is InChI=1S/C14H17NOS/c1-11-3-2-4-12(5-11)6-13(8-16)7-14-9-17-10-15-14/h2-5,9-10,13,16H,6-8H2,1H3. The third-order valence-corrected chi connectivity index (χ3v) is 3.48. The second kappa shape index (κ2) is 5.94. The van der Waals surface area contributed by atoms with Gasteiger partial charge in [0, 0.05) is 12.0 Å². The largest absolute Gasteiger partial charge is 0.396 e. The van der Waals surface area contributed by atoms with Crippen molar-refractivity contribution in [2.75, 3.05) is 6.61 Å². The van der Waals surface area contributed by atoms with Crippen molar-refractivity contribution >= 4 is 11.3 Å². The van der Waals surface area contributed by atoms with Crippen molar-refractivity contribution in [2.24, 2.45) is 5.92 Å². The highest BCUT2D eigenvalue weighted by Gasteiger charge is 2.11. The number of aryl methyl sites for hydroxylation is 1. The maximum atomic E-state index is 9.43. The molecule has 3 heteroatoms. The van der Waals surface area contributed by atoms with Gasteiger partial charge in [0.1, 0.15) is 0 Å². The number of nitrogens with zero attached hydrogens (tertiary/aromatic N) is 1. The van der Waals surface area contributed by atoms with Gasteiger partial charge in [-0.15, -0.1) is 11.3 Å². The second-order valence-corrected chi connectivity index (χ2v) is 5.14. The predicted octanol–water partition coefficient (Wildman–Crippen LogP) is 2.85. The van der Waals surface area contributed by atoms with Gasteiger partial charge in [0.15, 0.2) is 0 Å². The van der Waals surface area contributed by atoms with E-state index in [4.69, 9.17) is 0 Å². The SMILES string of the molecule is Cc1cccc(CC(CO)Cc2cscn2)c1. The molecular formula is C14H17NOS. The Morgan fingerprint density at radius 2 is 2.24 bits per heavy atom. The fourth-order valence-electron chi connectivity index (χ4n) is 2.01. The first kappa shape index (κ1) is 12.3. The van der Waals surface area contributed by atoms with Crippen LogP contribution in [0.4, 0.5) is 0 Å². The van der Waals surface area contributed by atoms with Gasteiger partial charge >= 0.3 is 0 Å². The van der Waals surface area contributed by atoms with Gasteiger partial charge < -0.3 is 5.11 Å². The molecule has 0 aliphatic rings. The van der Waals surface area contributed by atoms with Crippen LogP contribution in [0.3, 0.4) is 0 Å². The van der Waals surface area contributed by atoms with E-state index in [1.165, 1.54) is 11.1 Å². The molecule has 1 atom stereocenters. The zero-order chi connectivity index (χ0) is 12.1. The van der Waals surface area contributed by atoms with Gasteiger partial charge in [-0.3, -0.25) is 0 Å². The zero-order valence-corrected chi connectivity index (χ0v) is 10.8. The molecule has 1 N–H and O–H groups in total. The summed E-state index contributed by atoms with van der Waals surface area (Å²) < 4.78 is 0. The molecule has 0 bridgehead atoms. The van der Waals surface area contributed by atoms with Crippen molar-refractivity contribution in [3.63, 3.8) is 0 Å². The first-order valence-corrected chi connectivity index (χ1v) is 6.75. The lowest BCUT2D eigenvalue weighted by Gasteiger charge is -2.13. The summed E-state index contributed by atoms with van der Waals surface area (Å²) in [5.41, 5.74) is 5.49. The molecule has 2 rings (SSSR count). The fraction of sp³-hybridized carbons (Fsp3) is 0.357.